The van der Waals surface area contributed by atoms with Crippen LogP contribution in [0.25, 0.3) is 0 Å². The second-order valence-corrected chi connectivity index (χ2v) is 15.4. The summed E-state index contributed by atoms with van der Waals surface area (Å²) < 4.78 is 42.2. The summed E-state index contributed by atoms with van der Waals surface area (Å²) in [5.74, 6) is 1.24. The van der Waals surface area contributed by atoms with Crippen LogP contribution < -0.4 is 14.8 Å². The van der Waals surface area contributed by atoms with Crippen LogP contribution in [0.3, 0.4) is 0 Å². The third kappa shape index (κ3) is 6.02. The highest BCUT2D eigenvalue weighted by molar-refractivity contribution is 7.89. The zero-order valence-electron chi connectivity index (χ0n) is 25.1. The van der Waals surface area contributed by atoms with Gasteiger partial charge in [0.2, 0.25) is 10.0 Å². The largest absolute Gasteiger partial charge is 0.490 e. The number of rotatable bonds is 7. The average molecular weight is 631 g/mol. The van der Waals surface area contributed by atoms with E-state index in [2.05, 4.69) is 17.0 Å². The Morgan fingerprint density at radius 2 is 1.98 bits per heavy atom. The average Bonchev–Trinajstić information content (AvgIpc) is 3.14. The third-order valence-electron chi connectivity index (χ3n) is 10.7. The lowest BCUT2D eigenvalue weighted by atomic mass is 9.65. The van der Waals surface area contributed by atoms with E-state index >= 15 is 0 Å². The summed E-state index contributed by atoms with van der Waals surface area (Å²) in [6, 6.07) is 11.8. The number of benzene rings is 2. The highest BCUT2D eigenvalue weighted by Crippen LogP contribution is 2.48. The monoisotopic (exact) mass is 630 g/mol. The van der Waals surface area contributed by atoms with Crippen LogP contribution in [0.1, 0.15) is 72.9 Å². The molecule has 2 aromatic rings. The predicted octanol–water partition coefficient (Wildman–Crippen LogP) is 5.49. The van der Waals surface area contributed by atoms with Gasteiger partial charge in [0.05, 0.1) is 36.3 Å². The number of carbonyl (C=O) groups is 1. The number of sulfonamides is 1. The van der Waals surface area contributed by atoms with E-state index in [1.165, 1.54) is 18.2 Å². The third-order valence-corrected chi connectivity index (χ3v) is 12.3. The predicted molar refractivity (Wildman–Crippen MR) is 167 cm³/mol. The first-order valence-corrected chi connectivity index (χ1v) is 17.5. The first kappa shape index (κ1) is 30.7. The van der Waals surface area contributed by atoms with Crippen LogP contribution in [-0.4, -0.2) is 59.7 Å². The molecular weight excluding hydrogens is 588 g/mol. The van der Waals surface area contributed by atoms with Crippen LogP contribution >= 0.6 is 11.6 Å². The number of hydrogen-bond donors (Lipinski definition) is 1. The van der Waals surface area contributed by atoms with E-state index in [0.29, 0.717) is 36.8 Å². The van der Waals surface area contributed by atoms with Gasteiger partial charge in [-0.05, 0) is 111 Å². The summed E-state index contributed by atoms with van der Waals surface area (Å²) in [5.41, 5.74) is 3.77. The number of halogens is 1. The number of methoxy groups -OCH3 is 2. The van der Waals surface area contributed by atoms with Crippen molar-refractivity contribution >= 4 is 33.3 Å². The van der Waals surface area contributed by atoms with Gasteiger partial charge in [0.1, 0.15) is 5.75 Å². The topological polar surface area (TPSA) is 108 Å². The molecule has 10 heteroatoms. The Kier molecular flexibility index (Phi) is 8.72. The Balaban J connectivity index is 1.31. The van der Waals surface area contributed by atoms with Gasteiger partial charge in [-0.3, -0.25) is 0 Å². The number of carbonyl (C=O) groups excluding carboxylic acids is 1. The van der Waals surface area contributed by atoms with Gasteiger partial charge in [0.15, 0.2) is 0 Å². The molecule has 6 rings (SSSR count). The molecule has 6 atom stereocenters. The minimum atomic E-state index is -3.57. The quantitative estimate of drug-likeness (QED) is 0.403. The molecular formula is C33H43ClN2O6S. The molecule has 0 radical (unpaired) electrons. The second kappa shape index (κ2) is 12.2. The van der Waals surface area contributed by atoms with Crippen molar-refractivity contribution in [2.75, 3.05) is 38.8 Å². The fourth-order valence-corrected chi connectivity index (χ4v) is 9.60. The minimum Gasteiger partial charge on any atom is -0.490 e. The number of primary sulfonamides is 1. The van der Waals surface area contributed by atoms with Crippen molar-refractivity contribution in [3.63, 3.8) is 0 Å². The highest BCUT2D eigenvalue weighted by atomic mass is 35.5. The zero-order chi connectivity index (χ0) is 30.4. The number of aryl methyl sites for hydroxylation is 1. The molecule has 43 heavy (non-hydrogen) atoms. The molecule has 0 amide bonds. The van der Waals surface area contributed by atoms with E-state index in [1.807, 2.05) is 18.2 Å². The van der Waals surface area contributed by atoms with E-state index in [9.17, 15) is 13.2 Å². The number of nitrogens with zero attached hydrogens (tertiary/aromatic N) is 1. The summed E-state index contributed by atoms with van der Waals surface area (Å²) in [6.07, 6.45) is 8.15. The van der Waals surface area contributed by atoms with Crippen molar-refractivity contribution in [3.05, 3.63) is 58.1 Å². The van der Waals surface area contributed by atoms with E-state index in [1.54, 1.807) is 13.2 Å². The summed E-state index contributed by atoms with van der Waals surface area (Å²) in [7, 11) is -0.408. The molecule has 2 fully saturated rings. The standard InChI is InChI=1S/C33H43ClN2O6S/c1-40-31(22-5-3-7-26(16-22)43(35,38)39)27-11-8-24(27)18-36-19-33(14-4-6-21-15-25(34)10-12-28(21)33)20-42-30-13-9-23(17-29(30)36)32(37)41-2/h9-10,12-13,15,17,22,24,26-27,31H,3-8,11,14,16,18-20H2,1-2H3,(H2,35,38,39)/t22-,24-,26+,27+,31+,33-/m0/s1. The van der Waals surface area contributed by atoms with Crippen molar-refractivity contribution in [2.45, 2.75) is 74.6 Å². The van der Waals surface area contributed by atoms with Crippen molar-refractivity contribution in [3.8, 4) is 5.75 Å². The Labute approximate surface area is 260 Å². The molecule has 2 saturated carbocycles. The van der Waals surface area contributed by atoms with Crippen LogP contribution in [0.15, 0.2) is 36.4 Å². The molecule has 1 heterocycles. The SMILES string of the molecule is COC(=O)c1ccc2c(c1)N(C[C@@H]1CC[C@H]1[C@H](OC)[C@H]1CCC[C@@H](S(N)(=O)=O)C1)C[C@@]1(CCCc3cc(Cl)ccc31)CO2. The molecule has 4 aliphatic rings. The first-order chi connectivity index (χ1) is 20.6. The van der Waals surface area contributed by atoms with E-state index in [0.717, 1.165) is 74.5 Å². The highest BCUT2D eigenvalue weighted by Gasteiger charge is 2.46. The summed E-state index contributed by atoms with van der Waals surface area (Å²) in [4.78, 5) is 15.0. The van der Waals surface area contributed by atoms with Crippen molar-refractivity contribution in [2.24, 2.45) is 22.9 Å². The van der Waals surface area contributed by atoms with Crippen molar-refractivity contribution < 1.29 is 27.4 Å². The maximum Gasteiger partial charge on any atom is 0.337 e. The Morgan fingerprint density at radius 3 is 2.70 bits per heavy atom. The summed E-state index contributed by atoms with van der Waals surface area (Å²) in [6.45, 7) is 2.10. The number of esters is 1. The Hall–Kier alpha value is -2.33. The van der Waals surface area contributed by atoms with Crippen LogP contribution in [0.5, 0.6) is 5.75 Å². The lowest BCUT2D eigenvalue weighted by molar-refractivity contribution is -0.0588. The summed E-state index contributed by atoms with van der Waals surface area (Å²) >= 11 is 6.41. The fourth-order valence-electron chi connectivity index (χ4n) is 8.39. The molecule has 3 aliphatic carbocycles. The maximum atomic E-state index is 12.6. The minimum absolute atomic E-state index is 0.0149. The van der Waals surface area contributed by atoms with Crippen LogP contribution in [0.4, 0.5) is 5.69 Å². The smallest absolute Gasteiger partial charge is 0.337 e. The lowest BCUT2D eigenvalue weighted by Crippen LogP contribution is -2.51. The van der Waals surface area contributed by atoms with Gasteiger partial charge in [-0.2, -0.15) is 0 Å². The van der Waals surface area contributed by atoms with E-state index in [4.69, 9.17) is 31.0 Å². The normalized spacial score (nSPS) is 29.4. The molecule has 2 aromatic carbocycles. The lowest BCUT2D eigenvalue weighted by Gasteiger charge is -2.48. The zero-order valence-corrected chi connectivity index (χ0v) is 26.7. The van der Waals surface area contributed by atoms with Crippen LogP contribution in [0.2, 0.25) is 5.02 Å². The van der Waals surface area contributed by atoms with Crippen LogP contribution in [-0.2, 0) is 31.3 Å². The second-order valence-electron chi connectivity index (χ2n) is 13.1. The summed E-state index contributed by atoms with van der Waals surface area (Å²) in [5, 5.41) is 5.84. The van der Waals surface area contributed by atoms with Crippen molar-refractivity contribution in [1.29, 1.82) is 0 Å². The number of hydrogen-bond acceptors (Lipinski definition) is 7. The van der Waals surface area contributed by atoms with Crippen LogP contribution in [0, 0.1) is 17.8 Å². The van der Waals surface area contributed by atoms with Gasteiger partial charge >= 0.3 is 5.97 Å². The van der Waals surface area contributed by atoms with Crippen molar-refractivity contribution in [1.82, 2.24) is 0 Å². The Bertz CT molecular complexity index is 1470. The Morgan fingerprint density at radius 1 is 1.14 bits per heavy atom. The van der Waals surface area contributed by atoms with E-state index in [-0.39, 0.29) is 23.4 Å². The number of nitrogens with two attached hydrogens (primary N) is 1. The molecule has 0 unspecified atom stereocenters. The van der Waals surface area contributed by atoms with Gasteiger partial charge in [-0.1, -0.05) is 24.1 Å². The molecule has 234 valence electrons. The molecule has 2 N–H and O–H groups in total. The molecule has 0 saturated heterocycles. The van der Waals surface area contributed by atoms with Gasteiger partial charge in [0.25, 0.3) is 0 Å². The molecule has 1 spiro atoms. The maximum absolute atomic E-state index is 12.6. The fraction of sp³-hybridized carbons (Fsp3) is 0.606. The van der Waals surface area contributed by atoms with Gasteiger partial charge in [-0.25, -0.2) is 18.4 Å². The molecule has 0 aromatic heterocycles. The van der Waals surface area contributed by atoms with Gasteiger partial charge < -0.3 is 19.1 Å². The molecule has 1 aliphatic heterocycles. The number of ether oxygens (including phenoxy) is 3. The molecule has 8 nitrogen and oxygen atoms in total. The first-order valence-electron chi connectivity index (χ1n) is 15.6. The van der Waals surface area contributed by atoms with E-state index < -0.39 is 15.3 Å². The van der Waals surface area contributed by atoms with Gasteiger partial charge in [0, 0.05) is 30.6 Å². The number of anilines is 1. The van der Waals surface area contributed by atoms with Gasteiger partial charge in [-0.15, -0.1) is 0 Å². The molecule has 0 bridgehead atoms. The number of fused-ring (bicyclic) bond motifs is 3.